The van der Waals surface area contributed by atoms with Crippen LogP contribution < -0.4 is 10.6 Å². The molecule has 11 heteroatoms. The second-order valence-corrected chi connectivity index (χ2v) is 8.58. The van der Waals surface area contributed by atoms with Gasteiger partial charge in [0, 0.05) is 22.7 Å². The third kappa shape index (κ3) is 5.25. The molecular formula is C23H21F3N6O2. The lowest BCUT2D eigenvalue weighted by molar-refractivity contribution is -0.137. The van der Waals surface area contributed by atoms with Crippen molar-refractivity contribution in [3.8, 4) is 16.9 Å². The van der Waals surface area contributed by atoms with Crippen LogP contribution in [0.25, 0.3) is 16.9 Å². The number of hydrogen-bond acceptors (Lipinski definition) is 5. The lowest BCUT2D eigenvalue weighted by atomic mass is 9.93. The minimum absolute atomic E-state index is 0.229. The molecule has 0 saturated heterocycles. The fraction of sp³-hybridized carbons (Fsp3) is 0.217. The zero-order chi connectivity index (χ0) is 24.5. The van der Waals surface area contributed by atoms with Crippen LogP contribution in [-0.4, -0.2) is 26.2 Å². The second-order valence-electron chi connectivity index (χ2n) is 8.58. The van der Waals surface area contributed by atoms with E-state index in [9.17, 15) is 18.0 Å². The molecule has 0 aliphatic rings. The molecule has 0 aliphatic heterocycles. The molecule has 2 aromatic heterocycles. The van der Waals surface area contributed by atoms with E-state index in [0.717, 1.165) is 17.7 Å². The van der Waals surface area contributed by atoms with Gasteiger partial charge in [-0.3, -0.25) is 5.32 Å². The largest absolute Gasteiger partial charge is 0.416 e. The number of carbonyl (C=O) groups excluding carboxylic acids is 1. The van der Waals surface area contributed by atoms with Gasteiger partial charge in [-0.05, 0) is 36.4 Å². The molecule has 8 nitrogen and oxygen atoms in total. The van der Waals surface area contributed by atoms with Crippen molar-refractivity contribution in [2.24, 2.45) is 0 Å². The second kappa shape index (κ2) is 8.65. The van der Waals surface area contributed by atoms with Gasteiger partial charge in [-0.2, -0.15) is 13.2 Å². The zero-order valence-corrected chi connectivity index (χ0v) is 18.5. The number of anilines is 2. The maximum absolute atomic E-state index is 12.7. The Hall–Kier alpha value is -4.15. The van der Waals surface area contributed by atoms with Gasteiger partial charge in [0.2, 0.25) is 0 Å². The monoisotopic (exact) mass is 470 g/mol. The molecule has 2 aromatic carbocycles. The Labute approximate surface area is 192 Å². The van der Waals surface area contributed by atoms with E-state index in [1.54, 1.807) is 36.5 Å². The first-order valence-corrected chi connectivity index (χ1v) is 10.2. The summed E-state index contributed by atoms with van der Waals surface area (Å²) >= 11 is 0. The summed E-state index contributed by atoms with van der Waals surface area (Å²) in [5, 5.41) is 17.2. The van der Waals surface area contributed by atoms with Crippen molar-refractivity contribution in [1.29, 1.82) is 0 Å². The van der Waals surface area contributed by atoms with Gasteiger partial charge < -0.3 is 9.84 Å². The summed E-state index contributed by atoms with van der Waals surface area (Å²) in [6.07, 6.45) is -2.79. The van der Waals surface area contributed by atoms with E-state index in [4.69, 9.17) is 4.52 Å². The molecule has 0 aliphatic carbocycles. The van der Waals surface area contributed by atoms with E-state index < -0.39 is 17.8 Å². The Morgan fingerprint density at radius 1 is 0.971 bits per heavy atom. The first-order valence-electron chi connectivity index (χ1n) is 10.2. The fourth-order valence-electron chi connectivity index (χ4n) is 3.02. The molecular weight excluding hydrogens is 449 g/mol. The molecule has 0 unspecified atom stereocenters. The van der Waals surface area contributed by atoms with Gasteiger partial charge in [-0.1, -0.05) is 43.3 Å². The average molecular weight is 470 g/mol. The third-order valence-corrected chi connectivity index (χ3v) is 4.88. The van der Waals surface area contributed by atoms with E-state index in [2.05, 4.69) is 26.1 Å². The van der Waals surface area contributed by atoms with Crippen molar-refractivity contribution >= 4 is 17.5 Å². The van der Waals surface area contributed by atoms with Crippen LogP contribution in [0.4, 0.5) is 29.5 Å². The Morgan fingerprint density at radius 2 is 1.65 bits per heavy atom. The summed E-state index contributed by atoms with van der Waals surface area (Å²) < 4.78 is 44.8. The molecule has 0 spiro atoms. The van der Waals surface area contributed by atoms with Gasteiger partial charge in [0.05, 0.1) is 17.4 Å². The number of aromatic nitrogens is 4. The SMILES string of the molecule is CC(C)(C)c1cc(NC(=O)Nc2ccc(-c3cn(-c4ccc(C(F)(F)F)cc4)nn3)cc2)no1. The molecule has 34 heavy (non-hydrogen) atoms. The Morgan fingerprint density at radius 3 is 2.24 bits per heavy atom. The topological polar surface area (TPSA) is 97.9 Å². The number of rotatable bonds is 4. The minimum atomic E-state index is -4.40. The van der Waals surface area contributed by atoms with E-state index in [1.807, 2.05) is 20.8 Å². The molecule has 176 valence electrons. The van der Waals surface area contributed by atoms with Gasteiger partial charge in [0.25, 0.3) is 0 Å². The molecule has 0 fully saturated rings. The van der Waals surface area contributed by atoms with Crippen molar-refractivity contribution < 1.29 is 22.5 Å². The van der Waals surface area contributed by atoms with Gasteiger partial charge in [0.1, 0.15) is 11.5 Å². The molecule has 0 atom stereocenters. The number of benzene rings is 2. The molecule has 0 saturated carbocycles. The molecule has 2 heterocycles. The number of urea groups is 1. The summed E-state index contributed by atoms with van der Waals surface area (Å²) in [7, 11) is 0. The van der Waals surface area contributed by atoms with Crippen LogP contribution in [0.15, 0.2) is 65.3 Å². The average Bonchev–Trinajstić information content (AvgIpc) is 3.44. The number of nitrogens with zero attached hydrogens (tertiary/aromatic N) is 4. The summed E-state index contributed by atoms with van der Waals surface area (Å²) in [6.45, 7) is 5.92. The first-order chi connectivity index (χ1) is 16.0. The van der Waals surface area contributed by atoms with Crippen molar-refractivity contribution in [1.82, 2.24) is 20.2 Å². The molecule has 4 rings (SSSR count). The summed E-state index contributed by atoms with van der Waals surface area (Å²) in [5.74, 6) is 0.954. The standard InChI is InChI=1S/C23H21F3N6O2/c1-22(2,3)19-12-20(30-34-19)28-21(33)27-16-8-4-14(5-9-16)18-13-32(31-29-18)17-10-6-15(7-11-17)23(24,25)26/h4-13H,1-3H3,(H2,27,28,30,33). The van der Waals surface area contributed by atoms with Crippen molar-refractivity contribution in [2.45, 2.75) is 32.4 Å². The predicted octanol–water partition coefficient (Wildman–Crippen LogP) is 5.88. The van der Waals surface area contributed by atoms with E-state index in [1.165, 1.54) is 16.8 Å². The zero-order valence-electron chi connectivity index (χ0n) is 18.5. The van der Waals surface area contributed by atoms with Crippen molar-refractivity contribution in [3.63, 3.8) is 0 Å². The highest BCUT2D eigenvalue weighted by molar-refractivity contribution is 5.99. The first kappa shape index (κ1) is 23.0. The number of amides is 2. The summed E-state index contributed by atoms with van der Waals surface area (Å²) in [5.41, 5.74) is 1.26. The highest BCUT2D eigenvalue weighted by atomic mass is 19.4. The summed E-state index contributed by atoms with van der Waals surface area (Å²) in [4.78, 5) is 12.2. The normalized spacial score (nSPS) is 11.9. The third-order valence-electron chi connectivity index (χ3n) is 4.88. The number of alkyl halides is 3. The maximum Gasteiger partial charge on any atom is 0.416 e. The number of nitrogens with one attached hydrogen (secondary N) is 2. The molecule has 4 aromatic rings. The molecule has 2 N–H and O–H groups in total. The maximum atomic E-state index is 12.7. The van der Waals surface area contributed by atoms with Crippen LogP contribution in [0, 0.1) is 0 Å². The van der Waals surface area contributed by atoms with Crippen LogP contribution in [0.2, 0.25) is 0 Å². The predicted molar refractivity (Wildman–Crippen MR) is 120 cm³/mol. The van der Waals surface area contributed by atoms with Crippen LogP contribution in [0.1, 0.15) is 32.1 Å². The van der Waals surface area contributed by atoms with Crippen LogP contribution in [-0.2, 0) is 11.6 Å². The molecule has 0 radical (unpaired) electrons. The smallest absolute Gasteiger partial charge is 0.359 e. The highest BCUT2D eigenvalue weighted by Gasteiger charge is 2.30. The lowest BCUT2D eigenvalue weighted by Crippen LogP contribution is -2.19. The van der Waals surface area contributed by atoms with E-state index in [0.29, 0.717) is 28.6 Å². The number of hydrogen-bond donors (Lipinski definition) is 2. The van der Waals surface area contributed by atoms with Crippen LogP contribution in [0.5, 0.6) is 0 Å². The lowest BCUT2D eigenvalue weighted by Gasteiger charge is -2.12. The van der Waals surface area contributed by atoms with Gasteiger partial charge >= 0.3 is 12.2 Å². The molecule has 2 amide bonds. The molecule has 0 bridgehead atoms. The Balaban J connectivity index is 1.40. The number of halogens is 3. The Bertz CT molecular complexity index is 1290. The van der Waals surface area contributed by atoms with E-state index >= 15 is 0 Å². The highest BCUT2D eigenvalue weighted by Crippen LogP contribution is 2.30. The van der Waals surface area contributed by atoms with Crippen molar-refractivity contribution in [2.75, 3.05) is 10.6 Å². The fourth-order valence-corrected chi connectivity index (χ4v) is 3.02. The minimum Gasteiger partial charge on any atom is -0.359 e. The van der Waals surface area contributed by atoms with Crippen LogP contribution >= 0.6 is 0 Å². The van der Waals surface area contributed by atoms with E-state index in [-0.39, 0.29) is 5.41 Å². The van der Waals surface area contributed by atoms with Gasteiger partial charge in [0.15, 0.2) is 5.82 Å². The number of carbonyl (C=O) groups is 1. The summed E-state index contributed by atoms with van der Waals surface area (Å²) in [6, 6.07) is 12.7. The van der Waals surface area contributed by atoms with Crippen molar-refractivity contribution in [3.05, 3.63) is 72.1 Å². The Kier molecular flexibility index (Phi) is 5.86. The quantitative estimate of drug-likeness (QED) is 0.388. The van der Waals surface area contributed by atoms with Crippen LogP contribution in [0.3, 0.4) is 0 Å². The van der Waals surface area contributed by atoms with Gasteiger partial charge in [-0.15, -0.1) is 5.10 Å². The van der Waals surface area contributed by atoms with Gasteiger partial charge in [-0.25, -0.2) is 9.48 Å².